The van der Waals surface area contributed by atoms with Crippen molar-refractivity contribution in [1.29, 1.82) is 0 Å². The molecule has 0 amide bonds. The molecule has 0 unspecified atom stereocenters. The Labute approximate surface area is 99.5 Å². The van der Waals surface area contributed by atoms with Crippen LogP contribution in [0.15, 0.2) is 6.07 Å². The lowest BCUT2D eigenvalue weighted by Gasteiger charge is -2.12. The minimum absolute atomic E-state index is 0.00495. The topological polar surface area (TPSA) is 44.5 Å². The predicted molar refractivity (Wildman–Crippen MR) is 61.5 cm³/mol. The van der Waals surface area contributed by atoms with Gasteiger partial charge in [-0.1, -0.05) is 0 Å². The van der Waals surface area contributed by atoms with Crippen molar-refractivity contribution in [3.8, 4) is 11.5 Å². The van der Waals surface area contributed by atoms with Gasteiger partial charge in [0.2, 0.25) is 0 Å². The van der Waals surface area contributed by atoms with Crippen LogP contribution in [0.1, 0.15) is 18.4 Å². The van der Waals surface area contributed by atoms with E-state index in [1.807, 2.05) is 0 Å². The van der Waals surface area contributed by atoms with E-state index in [1.54, 1.807) is 0 Å². The summed E-state index contributed by atoms with van der Waals surface area (Å²) >= 11 is 0. The first kappa shape index (κ1) is 13.7. The summed E-state index contributed by atoms with van der Waals surface area (Å²) in [5.41, 5.74) is 5.34. The van der Waals surface area contributed by atoms with Gasteiger partial charge in [0.15, 0.2) is 23.1 Å². The molecule has 0 saturated carbocycles. The van der Waals surface area contributed by atoms with Gasteiger partial charge in [0.25, 0.3) is 0 Å². The van der Waals surface area contributed by atoms with E-state index in [-0.39, 0.29) is 23.5 Å². The lowest BCUT2D eigenvalue weighted by atomic mass is 10.1. The van der Waals surface area contributed by atoms with Gasteiger partial charge in [0.1, 0.15) is 0 Å². The zero-order valence-corrected chi connectivity index (χ0v) is 10.1. The van der Waals surface area contributed by atoms with Gasteiger partial charge >= 0.3 is 0 Å². The maximum Gasteiger partial charge on any atom is 0.171 e. The molecule has 0 spiro atoms. The smallest absolute Gasteiger partial charge is 0.171 e. The van der Waals surface area contributed by atoms with Crippen LogP contribution in [-0.2, 0) is 6.42 Å². The molecule has 1 rings (SSSR count). The Bertz CT molecular complexity index is 355. The Morgan fingerprint density at radius 2 is 1.59 bits per heavy atom. The molecule has 0 aliphatic carbocycles. The molecule has 0 aliphatic heterocycles. The molecule has 1 aromatic carbocycles. The summed E-state index contributed by atoms with van der Waals surface area (Å²) < 4.78 is 37.3. The van der Waals surface area contributed by atoms with Crippen LogP contribution in [-0.4, -0.2) is 20.8 Å². The Hall–Kier alpha value is -1.36. The fourth-order valence-electron chi connectivity index (χ4n) is 1.60. The van der Waals surface area contributed by atoms with E-state index >= 15 is 0 Å². The van der Waals surface area contributed by atoms with Crippen LogP contribution in [0.25, 0.3) is 0 Å². The highest BCUT2D eigenvalue weighted by atomic mass is 19.1. The third-order valence-corrected chi connectivity index (χ3v) is 2.55. The Balaban J connectivity index is 3.06. The second kappa shape index (κ2) is 6.39. The summed E-state index contributed by atoms with van der Waals surface area (Å²) in [6.07, 6.45) is 1.63. The monoisotopic (exact) mass is 245 g/mol. The van der Waals surface area contributed by atoms with E-state index in [1.165, 1.54) is 20.3 Å². The molecular formula is C12H17F2NO2. The molecule has 5 heteroatoms. The SMILES string of the molecule is COc1cc(OC)c(F)c(CCCCN)c1F. The van der Waals surface area contributed by atoms with E-state index in [9.17, 15) is 8.78 Å². The number of benzene rings is 1. The van der Waals surface area contributed by atoms with Crippen LogP contribution in [0.2, 0.25) is 0 Å². The van der Waals surface area contributed by atoms with Crippen LogP contribution in [0.5, 0.6) is 11.5 Å². The lowest BCUT2D eigenvalue weighted by molar-refractivity contribution is 0.353. The highest BCUT2D eigenvalue weighted by Gasteiger charge is 2.19. The van der Waals surface area contributed by atoms with Crippen LogP contribution in [0.4, 0.5) is 8.78 Å². The third kappa shape index (κ3) is 3.06. The molecule has 0 atom stereocenters. The normalized spacial score (nSPS) is 10.4. The molecule has 1 aromatic rings. The molecular weight excluding hydrogens is 228 g/mol. The zero-order chi connectivity index (χ0) is 12.8. The van der Waals surface area contributed by atoms with Gasteiger partial charge in [-0.25, -0.2) is 8.78 Å². The minimum Gasteiger partial charge on any atom is -0.494 e. The number of nitrogens with two attached hydrogens (primary N) is 1. The average molecular weight is 245 g/mol. The first-order valence-electron chi connectivity index (χ1n) is 5.44. The van der Waals surface area contributed by atoms with Crippen LogP contribution in [0, 0.1) is 11.6 Å². The first-order valence-corrected chi connectivity index (χ1v) is 5.44. The molecule has 0 fully saturated rings. The quantitative estimate of drug-likeness (QED) is 0.782. The van der Waals surface area contributed by atoms with Crippen molar-refractivity contribution < 1.29 is 18.3 Å². The first-order chi connectivity index (χ1) is 8.15. The Kier molecular flexibility index (Phi) is 5.15. The van der Waals surface area contributed by atoms with Crippen molar-refractivity contribution in [2.45, 2.75) is 19.3 Å². The molecule has 17 heavy (non-hydrogen) atoms. The van der Waals surface area contributed by atoms with E-state index in [2.05, 4.69) is 0 Å². The number of rotatable bonds is 6. The Morgan fingerprint density at radius 3 is 2.00 bits per heavy atom. The summed E-state index contributed by atoms with van der Waals surface area (Å²) in [5.74, 6) is -1.34. The van der Waals surface area contributed by atoms with Crippen molar-refractivity contribution in [2.75, 3.05) is 20.8 Å². The molecule has 96 valence electrons. The van der Waals surface area contributed by atoms with Gasteiger partial charge in [0.05, 0.1) is 14.2 Å². The Morgan fingerprint density at radius 1 is 1.06 bits per heavy atom. The molecule has 3 nitrogen and oxygen atoms in total. The summed E-state index contributed by atoms with van der Waals surface area (Å²) in [6, 6.07) is 1.21. The van der Waals surface area contributed by atoms with Gasteiger partial charge in [-0.2, -0.15) is 0 Å². The minimum atomic E-state index is -0.664. The second-order valence-electron chi connectivity index (χ2n) is 3.63. The van der Waals surface area contributed by atoms with Crippen molar-refractivity contribution in [2.24, 2.45) is 5.73 Å². The van der Waals surface area contributed by atoms with Crippen LogP contribution in [0.3, 0.4) is 0 Å². The van der Waals surface area contributed by atoms with E-state index in [0.717, 1.165) is 6.42 Å². The fourth-order valence-corrected chi connectivity index (χ4v) is 1.60. The highest BCUT2D eigenvalue weighted by molar-refractivity contribution is 5.41. The third-order valence-electron chi connectivity index (χ3n) is 2.55. The predicted octanol–water partition coefficient (Wildman–Crippen LogP) is 2.26. The van der Waals surface area contributed by atoms with Crippen molar-refractivity contribution in [1.82, 2.24) is 0 Å². The molecule has 0 bridgehead atoms. The maximum absolute atomic E-state index is 13.8. The molecule has 0 aromatic heterocycles. The number of ether oxygens (including phenoxy) is 2. The summed E-state index contributed by atoms with van der Waals surface area (Å²) in [6.45, 7) is 0.504. The number of hydrogen-bond acceptors (Lipinski definition) is 3. The summed E-state index contributed by atoms with van der Waals surface area (Å²) in [7, 11) is 2.67. The number of halogens is 2. The molecule has 0 saturated heterocycles. The molecule has 0 aliphatic rings. The van der Waals surface area contributed by atoms with Gasteiger partial charge in [0, 0.05) is 11.6 Å². The fraction of sp³-hybridized carbons (Fsp3) is 0.500. The van der Waals surface area contributed by atoms with Gasteiger partial charge in [-0.3, -0.25) is 0 Å². The largest absolute Gasteiger partial charge is 0.494 e. The van der Waals surface area contributed by atoms with E-state index < -0.39 is 11.6 Å². The van der Waals surface area contributed by atoms with E-state index in [0.29, 0.717) is 13.0 Å². The molecule has 2 N–H and O–H groups in total. The zero-order valence-electron chi connectivity index (χ0n) is 10.1. The summed E-state index contributed by atoms with van der Waals surface area (Å²) in [5, 5.41) is 0. The van der Waals surface area contributed by atoms with Crippen molar-refractivity contribution in [3.63, 3.8) is 0 Å². The number of unbranched alkanes of at least 4 members (excludes halogenated alkanes) is 1. The number of methoxy groups -OCH3 is 2. The van der Waals surface area contributed by atoms with Crippen LogP contribution >= 0.6 is 0 Å². The standard InChI is InChI=1S/C12H17F2NO2/c1-16-9-7-10(17-2)12(14)8(11(9)13)5-3-4-6-15/h7H,3-6,15H2,1-2H3. The molecule has 0 radical (unpaired) electrons. The number of hydrogen-bond donors (Lipinski definition) is 1. The van der Waals surface area contributed by atoms with Crippen LogP contribution < -0.4 is 15.2 Å². The summed E-state index contributed by atoms with van der Waals surface area (Å²) in [4.78, 5) is 0. The van der Waals surface area contributed by atoms with E-state index in [4.69, 9.17) is 15.2 Å². The molecule has 0 heterocycles. The second-order valence-corrected chi connectivity index (χ2v) is 3.63. The van der Waals surface area contributed by atoms with Crippen molar-refractivity contribution in [3.05, 3.63) is 23.3 Å². The van der Waals surface area contributed by atoms with Gasteiger partial charge in [-0.05, 0) is 25.8 Å². The lowest BCUT2D eigenvalue weighted by Crippen LogP contribution is -2.04. The average Bonchev–Trinajstić information content (AvgIpc) is 2.34. The van der Waals surface area contributed by atoms with Gasteiger partial charge in [-0.15, -0.1) is 0 Å². The highest BCUT2D eigenvalue weighted by Crippen LogP contribution is 2.31. The van der Waals surface area contributed by atoms with Gasteiger partial charge < -0.3 is 15.2 Å². The maximum atomic E-state index is 13.8. The van der Waals surface area contributed by atoms with Crippen molar-refractivity contribution >= 4 is 0 Å².